The molecular formula is C28H32N4O5S. The SMILES string of the molecule is COc1ccccc1N1CCN(S(=O)(=O)c2ccc(NC(=O)c3cccc(NC(=O)C(C)C)c3)cc2)CC1. The van der Waals surface area contributed by atoms with Gasteiger partial charge in [0.1, 0.15) is 5.75 Å². The maximum Gasteiger partial charge on any atom is 0.255 e. The van der Waals surface area contributed by atoms with Crippen LogP contribution in [0.15, 0.2) is 77.7 Å². The fraction of sp³-hybridized carbons (Fsp3) is 0.286. The highest BCUT2D eigenvalue weighted by molar-refractivity contribution is 7.89. The zero-order chi connectivity index (χ0) is 27.3. The number of ether oxygens (including phenoxy) is 1. The van der Waals surface area contributed by atoms with Crippen molar-refractivity contribution in [3.05, 3.63) is 78.4 Å². The van der Waals surface area contributed by atoms with Crippen molar-refractivity contribution in [3.63, 3.8) is 0 Å². The number of sulfonamides is 1. The molecule has 2 amide bonds. The van der Waals surface area contributed by atoms with Crippen LogP contribution < -0.4 is 20.3 Å². The van der Waals surface area contributed by atoms with Crippen LogP contribution in [-0.2, 0) is 14.8 Å². The predicted octanol–water partition coefficient (Wildman–Crippen LogP) is 4.05. The first-order valence-electron chi connectivity index (χ1n) is 12.4. The number of rotatable bonds is 8. The topological polar surface area (TPSA) is 108 Å². The van der Waals surface area contributed by atoms with E-state index in [-0.39, 0.29) is 22.6 Å². The van der Waals surface area contributed by atoms with Gasteiger partial charge in [-0.1, -0.05) is 32.0 Å². The molecule has 0 bridgehead atoms. The van der Waals surface area contributed by atoms with E-state index in [4.69, 9.17) is 4.74 Å². The second-order valence-electron chi connectivity index (χ2n) is 9.27. The maximum absolute atomic E-state index is 13.2. The second kappa shape index (κ2) is 11.7. The average molecular weight is 537 g/mol. The van der Waals surface area contributed by atoms with Crippen molar-refractivity contribution in [2.45, 2.75) is 18.7 Å². The maximum atomic E-state index is 13.2. The lowest BCUT2D eigenvalue weighted by atomic mass is 10.1. The third kappa shape index (κ3) is 6.15. The molecule has 1 heterocycles. The van der Waals surface area contributed by atoms with Crippen molar-refractivity contribution in [3.8, 4) is 5.75 Å². The molecule has 0 unspecified atom stereocenters. The summed E-state index contributed by atoms with van der Waals surface area (Å²) < 4.78 is 33.4. The molecule has 0 saturated carbocycles. The van der Waals surface area contributed by atoms with Gasteiger partial charge >= 0.3 is 0 Å². The van der Waals surface area contributed by atoms with Crippen molar-refractivity contribution >= 4 is 38.9 Å². The van der Waals surface area contributed by atoms with Gasteiger partial charge in [0, 0.05) is 49.0 Å². The van der Waals surface area contributed by atoms with Gasteiger partial charge in [0.2, 0.25) is 15.9 Å². The highest BCUT2D eigenvalue weighted by Gasteiger charge is 2.29. The number of anilines is 3. The quantitative estimate of drug-likeness (QED) is 0.450. The molecule has 200 valence electrons. The van der Waals surface area contributed by atoms with Crippen molar-refractivity contribution in [2.75, 3.05) is 48.8 Å². The lowest BCUT2D eigenvalue weighted by Gasteiger charge is -2.35. The number of piperazine rings is 1. The number of carbonyl (C=O) groups excluding carboxylic acids is 2. The molecular weight excluding hydrogens is 504 g/mol. The van der Waals surface area contributed by atoms with Crippen molar-refractivity contribution in [2.24, 2.45) is 5.92 Å². The molecule has 1 fully saturated rings. The van der Waals surface area contributed by atoms with Crippen molar-refractivity contribution < 1.29 is 22.7 Å². The molecule has 1 saturated heterocycles. The third-order valence-corrected chi connectivity index (χ3v) is 8.24. The van der Waals surface area contributed by atoms with Gasteiger partial charge in [-0.3, -0.25) is 9.59 Å². The molecule has 3 aromatic carbocycles. The summed E-state index contributed by atoms with van der Waals surface area (Å²) in [5.74, 6) is 0.0706. The third-order valence-electron chi connectivity index (χ3n) is 6.33. The smallest absolute Gasteiger partial charge is 0.255 e. The van der Waals surface area contributed by atoms with Crippen LogP contribution in [0.5, 0.6) is 5.75 Å². The number of nitrogens with zero attached hydrogens (tertiary/aromatic N) is 2. The molecule has 10 heteroatoms. The van der Waals surface area contributed by atoms with E-state index in [1.165, 1.54) is 16.4 Å². The lowest BCUT2D eigenvalue weighted by molar-refractivity contribution is -0.118. The second-order valence-corrected chi connectivity index (χ2v) is 11.2. The van der Waals surface area contributed by atoms with Gasteiger partial charge in [-0.2, -0.15) is 4.31 Å². The lowest BCUT2D eigenvalue weighted by Crippen LogP contribution is -2.48. The van der Waals surface area contributed by atoms with Crippen LogP contribution in [0.4, 0.5) is 17.1 Å². The summed E-state index contributed by atoms with van der Waals surface area (Å²) in [6.45, 7) is 5.37. The number of methoxy groups -OCH3 is 1. The summed E-state index contributed by atoms with van der Waals surface area (Å²) in [6, 6.07) is 20.5. The molecule has 4 rings (SSSR count). The van der Waals surface area contributed by atoms with Crippen LogP contribution >= 0.6 is 0 Å². The van der Waals surface area contributed by atoms with Gasteiger partial charge in [0.15, 0.2) is 0 Å². The summed E-state index contributed by atoms with van der Waals surface area (Å²) in [5.41, 5.74) is 2.31. The number of para-hydroxylation sites is 2. The Hall–Kier alpha value is -3.89. The normalized spacial score (nSPS) is 14.3. The van der Waals surface area contributed by atoms with Gasteiger partial charge in [0.05, 0.1) is 17.7 Å². The molecule has 3 aromatic rings. The van der Waals surface area contributed by atoms with E-state index < -0.39 is 10.0 Å². The largest absolute Gasteiger partial charge is 0.495 e. The van der Waals surface area contributed by atoms with Gasteiger partial charge in [-0.15, -0.1) is 0 Å². The Morgan fingerprint density at radius 3 is 2.18 bits per heavy atom. The van der Waals surface area contributed by atoms with Crippen LogP contribution in [0.25, 0.3) is 0 Å². The van der Waals surface area contributed by atoms with Crippen LogP contribution in [0, 0.1) is 5.92 Å². The Balaban J connectivity index is 1.38. The summed E-state index contributed by atoms with van der Waals surface area (Å²) in [6.07, 6.45) is 0. The minimum absolute atomic E-state index is 0.138. The molecule has 0 atom stereocenters. The van der Waals surface area contributed by atoms with E-state index in [1.807, 2.05) is 24.3 Å². The molecule has 0 aromatic heterocycles. The average Bonchev–Trinajstić information content (AvgIpc) is 2.93. The monoisotopic (exact) mass is 536 g/mol. The first-order chi connectivity index (χ1) is 18.2. The Bertz CT molecular complexity index is 1400. The standard InChI is InChI=1S/C28H32N4O5S/c1-20(2)27(33)30-23-8-6-7-21(19-23)28(34)29-22-11-13-24(14-12-22)38(35,36)32-17-15-31(16-18-32)25-9-4-5-10-26(25)37-3/h4-14,19-20H,15-18H2,1-3H3,(H,29,34)(H,30,33). The fourth-order valence-electron chi connectivity index (χ4n) is 4.15. The molecule has 2 N–H and O–H groups in total. The van der Waals surface area contributed by atoms with Crippen LogP contribution in [-0.4, -0.2) is 57.8 Å². The number of benzene rings is 3. The summed E-state index contributed by atoms with van der Waals surface area (Å²) in [5, 5.41) is 5.55. The number of nitrogens with one attached hydrogen (secondary N) is 2. The van der Waals surface area contributed by atoms with Crippen molar-refractivity contribution in [1.29, 1.82) is 0 Å². The molecule has 0 spiro atoms. The molecule has 0 aliphatic carbocycles. The fourth-order valence-corrected chi connectivity index (χ4v) is 5.57. The van der Waals surface area contributed by atoms with Gasteiger partial charge in [-0.25, -0.2) is 8.42 Å². The molecule has 1 aliphatic heterocycles. The first kappa shape index (κ1) is 27.2. The number of carbonyl (C=O) groups is 2. The van der Waals surface area contributed by atoms with Crippen molar-refractivity contribution in [1.82, 2.24) is 4.31 Å². The minimum atomic E-state index is -3.68. The zero-order valence-electron chi connectivity index (χ0n) is 21.7. The van der Waals surface area contributed by atoms with Gasteiger partial charge < -0.3 is 20.3 Å². The van der Waals surface area contributed by atoms with Crippen LogP contribution in [0.3, 0.4) is 0 Å². The van der Waals surface area contributed by atoms with E-state index >= 15 is 0 Å². The summed E-state index contributed by atoms with van der Waals surface area (Å²) in [4.78, 5) is 27.0. The van der Waals surface area contributed by atoms with Crippen LogP contribution in [0.1, 0.15) is 24.2 Å². The van der Waals surface area contributed by atoms with Gasteiger partial charge in [0.25, 0.3) is 5.91 Å². The number of hydrogen-bond donors (Lipinski definition) is 2. The van der Waals surface area contributed by atoms with Crippen LogP contribution in [0.2, 0.25) is 0 Å². The minimum Gasteiger partial charge on any atom is -0.495 e. The highest BCUT2D eigenvalue weighted by atomic mass is 32.2. The molecule has 38 heavy (non-hydrogen) atoms. The summed E-state index contributed by atoms with van der Waals surface area (Å²) >= 11 is 0. The first-order valence-corrected chi connectivity index (χ1v) is 13.8. The van der Waals surface area contributed by atoms with Gasteiger partial charge in [-0.05, 0) is 54.6 Å². The van der Waals surface area contributed by atoms with E-state index in [9.17, 15) is 18.0 Å². The van der Waals surface area contributed by atoms with E-state index in [0.29, 0.717) is 43.1 Å². The van der Waals surface area contributed by atoms with E-state index in [1.54, 1.807) is 57.4 Å². The molecule has 9 nitrogen and oxygen atoms in total. The summed E-state index contributed by atoms with van der Waals surface area (Å²) in [7, 11) is -2.06. The number of amides is 2. The molecule has 1 aliphatic rings. The van der Waals surface area contributed by atoms with E-state index in [0.717, 1.165) is 11.4 Å². The Morgan fingerprint density at radius 2 is 1.53 bits per heavy atom. The highest BCUT2D eigenvalue weighted by Crippen LogP contribution is 2.29. The predicted molar refractivity (Wildman–Crippen MR) is 148 cm³/mol. The zero-order valence-corrected chi connectivity index (χ0v) is 22.5. The Morgan fingerprint density at radius 1 is 0.842 bits per heavy atom. The Labute approximate surface area is 223 Å². The Kier molecular flexibility index (Phi) is 8.33. The van der Waals surface area contributed by atoms with E-state index in [2.05, 4.69) is 15.5 Å². The number of hydrogen-bond acceptors (Lipinski definition) is 6. The molecule has 0 radical (unpaired) electrons.